The molecule has 0 atom stereocenters. The fraction of sp³-hybridized carbons (Fsp3) is 0.581. The number of piperazine rings is 2. The van der Waals surface area contributed by atoms with Crippen molar-refractivity contribution in [1.29, 1.82) is 0 Å². The van der Waals surface area contributed by atoms with E-state index in [9.17, 15) is 14.4 Å². The summed E-state index contributed by atoms with van der Waals surface area (Å²) in [5, 5.41) is 9.11. The van der Waals surface area contributed by atoms with Crippen molar-refractivity contribution in [3.8, 4) is 5.69 Å². The first-order valence-electron chi connectivity index (χ1n) is 15.5. The Kier molecular flexibility index (Phi) is 12.6. The second kappa shape index (κ2) is 15.9. The summed E-state index contributed by atoms with van der Waals surface area (Å²) in [6.07, 6.45) is -0.721. The molecule has 2 aliphatic heterocycles. The zero-order valence-electron chi connectivity index (χ0n) is 28.2. The predicted octanol–water partition coefficient (Wildman–Crippen LogP) is 5.88. The Morgan fingerprint density at radius 2 is 1.15 bits per heavy atom. The molecule has 2 aliphatic rings. The molecule has 0 spiro atoms. The number of carbonyl (C=O) groups excluding carboxylic acids is 3. The first-order valence-corrected chi connectivity index (χ1v) is 18.5. The van der Waals surface area contributed by atoms with E-state index in [0.29, 0.717) is 71.7 Å². The number of carbonyl (C=O) groups is 3. The highest BCUT2D eigenvalue weighted by atomic mass is 35.5. The second-order valence-corrected chi connectivity index (χ2v) is 17.5. The molecule has 262 valence electrons. The van der Waals surface area contributed by atoms with Crippen molar-refractivity contribution in [1.82, 2.24) is 34.6 Å². The molecule has 0 bridgehead atoms. The van der Waals surface area contributed by atoms with E-state index in [-0.39, 0.29) is 23.7 Å². The zero-order valence-corrected chi connectivity index (χ0v) is 32.2. The fourth-order valence-corrected chi connectivity index (χ4v) is 8.40. The number of nitrogens with zero attached hydrogens (tertiary/aromatic N) is 7. The maximum absolute atomic E-state index is 14.2. The van der Waals surface area contributed by atoms with Crippen LogP contribution in [0.1, 0.15) is 57.7 Å². The molecule has 3 heterocycles. The Balaban J connectivity index is 1.47. The van der Waals surface area contributed by atoms with Crippen molar-refractivity contribution >= 4 is 86.2 Å². The van der Waals surface area contributed by atoms with Crippen molar-refractivity contribution in [3.63, 3.8) is 0 Å². The van der Waals surface area contributed by atoms with Gasteiger partial charge in [-0.1, -0.05) is 64.8 Å². The molecule has 1 aromatic carbocycles. The summed E-state index contributed by atoms with van der Waals surface area (Å²) in [5.41, 5.74) is 0.334. The lowest BCUT2D eigenvalue weighted by Crippen LogP contribution is -2.51. The molecule has 0 radical (unpaired) electrons. The quantitative estimate of drug-likeness (QED) is 0.206. The van der Waals surface area contributed by atoms with E-state index in [2.05, 4.69) is 10.3 Å². The Morgan fingerprint density at radius 3 is 1.54 bits per heavy atom. The highest BCUT2D eigenvalue weighted by Gasteiger charge is 2.34. The number of halogens is 1. The standard InChI is InChI=1S/C31H42ClN7O5S4/c1-20-23(33-34-39(20)22-10-8-21(32)9-11-22)24(40)25(47-28(45)37-16-12-35(13-17-37)26(41)43-30(2,3)4)48-29(46)38-18-14-36(15-19-38)27(42)44-31(5,6)7/h8-11,25H,12-19H2,1-7H3. The lowest BCUT2D eigenvalue weighted by Gasteiger charge is -2.38. The van der Waals surface area contributed by atoms with Crippen molar-refractivity contribution in [2.75, 3.05) is 52.4 Å². The molecule has 0 saturated carbocycles. The molecule has 0 aliphatic carbocycles. The normalized spacial score (nSPS) is 15.9. The van der Waals surface area contributed by atoms with Crippen LogP contribution in [-0.2, 0) is 9.47 Å². The third kappa shape index (κ3) is 10.4. The van der Waals surface area contributed by atoms with E-state index >= 15 is 0 Å². The number of amides is 2. The van der Waals surface area contributed by atoms with Crippen LogP contribution in [0.4, 0.5) is 9.59 Å². The molecular formula is C31H42ClN7O5S4. The first-order chi connectivity index (χ1) is 22.4. The maximum Gasteiger partial charge on any atom is 0.410 e. The smallest absolute Gasteiger partial charge is 0.410 e. The highest BCUT2D eigenvalue weighted by molar-refractivity contribution is 8.37. The number of rotatable bonds is 5. The molecule has 4 rings (SSSR count). The van der Waals surface area contributed by atoms with Crippen LogP contribution >= 0.6 is 59.6 Å². The van der Waals surface area contributed by atoms with Gasteiger partial charge >= 0.3 is 12.2 Å². The second-order valence-electron chi connectivity index (χ2n) is 13.3. The number of hydrogen-bond donors (Lipinski definition) is 0. The van der Waals surface area contributed by atoms with Crippen molar-refractivity contribution in [2.45, 2.75) is 64.3 Å². The van der Waals surface area contributed by atoms with E-state index < -0.39 is 15.8 Å². The van der Waals surface area contributed by atoms with Gasteiger partial charge in [0.2, 0.25) is 5.78 Å². The predicted molar refractivity (Wildman–Crippen MR) is 198 cm³/mol. The third-order valence-corrected chi connectivity index (χ3v) is 10.9. The van der Waals surface area contributed by atoms with Crippen LogP contribution in [0.3, 0.4) is 0 Å². The van der Waals surface area contributed by atoms with Crippen molar-refractivity contribution in [3.05, 3.63) is 40.7 Å². The average molecular weight is 756 g/mol. The summed E-state index contributed by atoms with van der Waals surface area (Å²) in [7, 11) is 0. The number of Topliss-reactive ketones (excluding diaryl/α,β-unsaturated/α-hetero) is 1. The summed E-state index contributed by atoms with van der Waals surface area (Å²) in [4.78, 5) is 46.7. The lowest BCUT2D eigenvalue weighted by atomic mass is 10.2. The van der Waals surface area contributed by atoms with Crippen LogP contribution < -0.4 is 0 Å². The van der Waals surface area contributed by atoms with E-state index in [1.165, 1.54) is 23.5 Å². The zero-order chi connectivity index (χ0) is 35.4. The molecule has 2 amide bonds. The number of aromatic nitrogens is 3. The van der Waals surface area contributed by atoms with Gasteiger partial charge in [-0.05, 0) is 72.7 Å². The topological polar surface area (TPSA) is 113 Å². The van der Waals surface area contributed by atoms with Crippen LogP contribution in [0.5, 0.6) is 0 Å². The van der Waals surface area contributed by atoms with E-state index in [0.717, 1.165) is 5.69 Å². The van der Waals surface area contributed by atoms with Crippen LogP contribution in [0.15, 0.2) is 24.3 Å². The molecule has 2 fully saturated rings. The van der Waals surface area contributed by atoms with Crippen molar-refractivity contribution in [2.24, 2.45) is 0 Å². The number of thiocarbonyl (C=S) groups is 2. The summed E-state index contributed by atoms with van der Waals surface area (Å²) >= 11 is 20.3. The molecule has 12 nitrogen and oxygen atoms in total. The molecule has 0 N–H and O–H groups in total. The van der Waals surface area contributed by atoms with E-state index in [4.69, 9.17) is 45.5 Å². The van der Waals surface area contributed by atoms with Gasteiger partial charge in [-0.3, -0.25) is 4.79 Å². The minimum absolute atomic E-state index is 0.213. The summed E-state index contributed by atoms with van der Waals surface area (Å²) in [6.45, 7) is 16.6. The van der Waals surface area contributed by atoms with E-state index in [1.807, 2.05) is 51.3 Å². The van der Waals surface area contributed by atoms with Crippen LogP contribution in [0.2, 0.25) is 5.02 Å². The van der Waals surface area contributed by atoms with Gasteiger partial charge in [-0.25, -0.2) is 14.3 Å². The number of hydrogen-bond acceptors (Lipinski definition) is 11. The summed E-state index contributed by atoms with van der Waals surface area (Å²) in [6, 6.07) is 7.10. The maximum atomic E-state index is 14.2. The highest BCUT2D eigenvalue weighted by Crippen LogP contribution is 2.33. The van der Waals surface area contributed by atoms with Gasteiger partial charge in [0.15, 0.2) is 5.69 Å². The van der Waals surface area contributed by atoms with Gasteiger partial charge < -0.3 is 29.1 Å². The Labute approximate surface area is 306 Å². The average Bonchev–Trinajstić information content (AvgIpc) is 3.40. The summed E-state index contributed by atoms with van der Waals surface area (Å²) in [5.74, 6) is -0.271. The third-order valence-electron chi connectivity index (χ3n) is 7.21. The molecule has 2 saturated heterocycles. The van der Waals surface area contributed by atoms with Gasteiger partial charge in [0.1, 0.15) is 24.4 Å². The molecule has 17 heteroatoms. The molecule has 48 heavy (non-hydrogen) atoms. The van der Waals surface area contributed by atoms with Gasteiger partial charge in [0.25, 0.3) is 0 Å². The monoisotopic (exact) mass is 755 g/mol. The van der Waals surface area contributed by atoms with E-state index in [1.54, 1.807) is 45.7 Å². The van der Waals surface area contributed by atoms with Crippen LogP contribution in [0, 0.1) is 6.92 Å². The van der Waals surface area contributed by atoms with Crippen molar-refractivity contribution < 1.29 is 23.9 Å². The Hall–Kier alpha value is -2.66. The fourth-order valence-electron chi connectivity index (χ4n) is 4.76. The lowest BCUT2D eigenvalue weighted by molar-refractivity contribution is 0.0180. The van der Waals surface area contributed by atoms with Gasteiger partial charge in [0.05, 0.1) is 11.4 Å². The number of ether oxygens (including phenoxy) is 2. The Bertz CT molecular complexity index is 1450. The van der Waals surface area contributed by atoms with Gasteiger partial charge in [-0.15, -0.1) is 5.10 Å². The number of benzene rings is 1. The molecule has 0 unspecified atom stereocenters. The summed E-state index contributed by atoms with van der Waals surface area (Å²) < 4.78 is 12.9. The molecule has 1 aromatic heterocycles. The van der Waals surface area contributed by atoms with Crippen LogP contribution in [-0.4, -0.2) is 129 Å². The minimum atomic E-state index is -0.758. The first kappa shape index (κ1) is 38.1. The SMILES string of the molecule is Cc1c(C(=O)C(SC(=S)N2CCN(C(=O)OC(C)(C)C)CC2)SC(=S)N2CCN(C(=O)OC(C)(C)C)CC2)nnn1-c1ccc(Cl)cc1. The Morgan fingerprint density at radius 1 is 0.750 bits per heavy atom. The largest absolute Gasteiger partial charge is 0.444 e. The minimum Gasteiger partial charge on any atom is -0.444 e. The van der Waals surface area contributed by atoms with Gasteiger partial charge in [-0.2, -0.15) is 0 Å². The number of thioether (sulfide) groups is 2. The number of ketones is 1. The molecular weight excluding hydrogens is 714 g/mol. The van der Waals surface area contributed by atoms with Crippen LogP contribution in [0.25, 0.3) is 5.69 Å². The van der Waals surface area contributed by atoms with Gasteiger partial charge in [0, 0.05) is 57.4 Å². The molecule has 2 aromatic rings.